The van der Waals surface area contributed by atoms with E-state index in [-0.39, 0.29) is 5.75 Å². The van der Waals surface area contributed by atoms with Crippen molar-refractivity contribution in [3.05, 3.63) is 71.5 Å². The Labute approximate surface area is 165 Å². The van der Waals surface area contributed by atoms with E-state index in [9.17, 15) is 9.59 Å². The van der Waals surface area contributed by atoms with E-state index in [1.54, 1.807) is 55.9 Å². The Bertz CT molecular complexity index is 957. The molecule has 3 aromatic rings. The highest BCUT2D eigenvalue weighted by Gasteiger charge is 2.13. The number of thioether (sulfide) groups is 1. The molecule has 2 aromatic carbocycles. The second-order valence-corrected chi connectivity index (χ2v) is 6.83. The molecule has 0 aliphatic rings. The van der Waals surface area contributed by atoms with Crippen LogP contribution in [0.3, 0.4) is 0 Å². The predicted molar refractivity (Wildman–Crippen MR) is 105 cm³/mol. The molecule has 27 heavy (non-hydrogen) atoms. The highest BCUT2D eigenvalue weighted by Crippen LogP contribution is 2.22. The lowest BCUT2D eigenvalue weighted by Crippen LogP contribution is -2.31. The maximum atomic E-state index is 12.1. The number of hydrogen-bond acceptors (Lipinski definition) is 5. The lowest BCUT2D eigenvalue weighted by Gasteiger charge is -2.08. The van der Waals surface area contributed by atoms with Gasteiger partial charge in [0.1, 0.15) is 5.75 Å². The number of imide groups is 1. The Morgan fingerprint density at radius 1 is 1.22 bits per heavy atom. The lowest BCUT2D eigenvalue weighted by atomic mass is 10.2. The Morgan fingerprint density at radius 2 is 2.00 bits per heavy atom. The summed E-state index contributed by atoms with van der Waals surface area (Å²) in [4.78, 5) is 28.5. The standard InChI is InChI=1S/C19H16ClN3O3S/c1-26-16-7-5-13(6-8-16)18(25)22-17(24)12-27-19-21-9-10-23(19)15-4-2-3-14(20)11-15/h2-11H,12H2,1H3,(H,22,24,25). The van der Waals surface area contributed by atoms with Crippen LogP contribution in [0.1, 0.15) is 10.4 Å². The Hall–Kier alpha value is -2.77. The Kier molecular flexibility index (Phi) is 6.16. The molecule has 1 N–H and O–H groups in total. The molecule has 2 amide bonds. The van der Waals surface area contributed by atoms with Gasteiger partial charge in [0.2, 0.25) is 5.91 Å². The van der Waals surface area contributed by atoms with E-state index in [4.69, 9.17) is 16.3 Å². The molecule has 138 valence electrons. The second kappa shape index (κ2) is 8.75. The average molecular weight is 402 g/mol. The van der Waals surface area contributed by atoms with Crippen LogP contribution >= 0.6 is 23.4 Å². The van der Waals surface area contributed by atoms with Gasteiger partial charge in [-0.2, -0.15) is 0 Å². The van der Waals surface area contributed by atoms with Gasteiger partial charge < -0.3 is 4.74 Å². The van der Waals surface area contributed by atoms with E-state index in [2.05, 4.69) is 10.3 Å². The molecule has 6 nitrogen and oxygen atoms in total. The molecule has 3 rings (SSSR count). The van der Waals surface area contributed by atoms with Crippen molar-refractivity contribution >= 4 is 35.2 Å². The fourth-order valence-electron chi connectivity index (χ4n) is 2.33. The van der Waals surface area contributed by atoms with Crippen LogP contribution in [0.4, 0.5) is 0 Å². The summed E-state index contributed by atoms with van der Waals surface area (Å²) in [5.41, 5.74) is 1.23. The molecule has 1 aromatic heterocycles. The van der Waals surface area contributed by atoms with Crippen molar-refractivity contribution in [2.75, 3.05) is 12.9 Å². The number of aromatic nitrogens is 2. The van der Waals surface area contributed by atoms with Gasteiger partial charge in [0, 0.05) is 28.7 Å². The van der Waals surface area contributed by atoms with E-state index in [0.717, 1.165) is 5.69 Å². The van der Waals surface area contributed by atoms with Crippen LogP contribution < -0.4 is 10.1 Å². The zero-order chi connectivity index (χ0) is 19.2. The highest BCUT2D eigenvalue weighted by molar-refractivity contribution is 7.99. The van der Waals surface area contributed by atoms with Gasteiger partial charge in [-0.05, 0) is 42.5 Å². The van der Waals surface area contributed by atoms with Crippen LogP contribution in [-0.2, 0) is 4.79 Å². The van der Waals surface area contributed by atoms with Crippen molar-refractivity contribution in [3.8, 4) is 11.4 Å². The minimum absolute atomic E-state index is 0.0550. The third kappa shape index (κ3) is 4.90. The Morgan fingerprint density at radius 3 is 2.70 bits per heavy atom. The SMILES string of the molecule is COc1ccc(C(=O)NC(=O)CSc2nccn2-c2cccc(Cl)c2)cc1. The summed E-state index contributed by atoms with van der Waals surface area (Å²) in [6, 6.07) is 13.8. The molecule has 0 unspecified atom stereocenters. The van der Waals surface area contributed by atoms with Crippen molar-refractivity contribution < 1.29 is 14.3 Å². The number of imidazole rings is 1. The minimum Gasteiger partial charge on any atom is -0.497 e. The van der Waals surface area contributed by atoms with E-state index < -0.39 is 11.8 Å². The third-order valence-electron chi connectivity index (χ3n) is 3.63. The molecule has 0 spiro atoms. The topological polar surface area (TPSA) is 73.2 Å². The van der Waals surface area contributed by atoms with Crippen LogP contribution in [0.5, 0.6) is 5.75 Å². The summed E-state index contributed by atoms with van der Waals surface area (Å²) < 4.78 is 6.87. The van der Waals surface area contributed by atoms with Crippen molar-refractivity contribution in [3.63, 3.8) is 0 Å². The van der Waals surface area contributed by atoms with E-state index in [1.807, 2.05) is 16.7 Å². The van der Waals surface area contributed by atoms with Crippen LogP contribution in [0.15, 0.2) is 66.1 Å². The molecular formula is C19H16ClN3O3S. The average Bonchev–Trinajstić information content (AvgIpc) is 3.15. The Balaban J connectivity index is 1.60. The summed E-state index contributed by atoms with van der Waals surface area (Å²) in [7, 11) is 1.54. The molecule has 0 saturated heterocycles. The second-order valence-electron chi connectivity index (χ2n) is 5.45. The predicted octanol–water partition coefficient (Wildman–Crippen LogP) is 3.58. The van der Waals surface area contributed by atoms with Crippen molar-refractivity contribution in [2.45, 2.75) is 5.16 Å². The van der Waals surface area contributed by atoms with Crippen molar-refractivity contribution in [1.29, 1.82) is 0 Å². The number of methoxy groups -OCH3 is 1. The first kappa shape index (κ1) is 19.0. The largest absolute Gasteiger partial charge is 0.497 e. The van der Waals surface area contributed by atoms with Gasteiger partial charge >= 0.3 is 0 Å². The van der Waals surface area contributed by atoms with Gasteiger partial charge in [-0.15, -0.1) is 0 Å². The number of halogens is 1. The zero-order valence-corrected chi connectivity index (χ0v) is 16.0. The number of amides is 2. The van der Waals surface area contributed by atoms with Crippen LogP contribution in [0.2, 0.25) is 5.02 Å². The first-order valence-corrected chi connectivity index (χ1v) is 9.33. The number of rotatable bonds is 6. The highest BCUT2D eigenvalue weighted by atomic mass is 35.5. The molecule has 0 aliphatic carbocycles. The van der Waals surface area contributed by atoms with Crippen LogP contribution in [-0.4, -0.2) is 34.2 Å². The molecule has 1 heterocycles. The molecule has 0 radical (unpaired) electrons. The van der Waals surface area contributed by atoms with Crippen LogP contribution in [0.25, 0.3) is 5.69 Å². The third-order valence-corrected chi connectivity index (χ3v) is 4.83. The summed E-state index contributed by atoms with van der Waals surface area (Å²) in [6.07, 6.45) is 3.43. The number of benzene rings is 2. The van der Waals surface area contributed by atoms with Gasteiger partial charge in [0.05, 0.1) is 12.9 Å². The number of carbonyl (C=O) groups excluding carboxylic acids is 2. The van der Waals surface area contributed by atoms with E-state index in [1.165, 1.54) is 11.8 Å². The summed E-state index contributed by atoms with van der Waals surface area (Å²) in [6.45, 7) is 0. The summed E-state index contributed by atoms with van der Waals surface area (Å²) in [5, 5.41) is 3.61. The molecule has 0 atom stereocenters. The summed E-state index contributed by atoms with van der Waals surface area (Å²) in [5.74, 6) is -0.163. The van der Waals surface area contributed by atoms with Gasteiger partial charge in [-0.3, -0.25) is 19.5 Å². The maximum absolute atomic E-state index is 12.1. The number of nitrogens with one attached hydrogen (secondary N) is 1. The fourth-order valence-corrected chi connectivity index (χ4v) is 3.28. The zero-order valence-electron chi connectivity index (χ0n) is 14.4. The van der Waals surface area contributed by atoms with Gasteiger partial charge in [-0.1, -0.05) is 29.4 Å². The van der Waals surface area contributed by atoms with E-state index in [0.29, 0.717) is 21.5 Å². The van der Waals surface area contributed by atoms with E-state index >= 15 is 0 Å². The number of nitrogens with zero attached hydrogens (tertiary/aromatic N) is 2. The number of carbonyl (C=O) groups is 2. The maximum Gasteiger partial charge on any atom is 0.257 e. The van der Waals surface area contributed by atoms with Gasteiger partial charge in [0.25, 0.3) is 5.91 Å². The molecule has 8 heteroatoms. The quantitative estimate of drug-likeness (QED) is 0.639. The van der Waals surface area contributed by atoms with Gasteiger partial charge in [0.15, 0.2) is 5.16 Å². The summed E-state index contributed by atoms with van der Waals surface area (Å²) >= 11 is 7.26. The van der Waals surface area contributed by atoms with Crippen molar-refractivity contribution in [2.24, 2.45) is 0 Å². The van der Waals surface area contributed by atoms with Crippen LogP contribution in [0, 0.1) is 0 Å². The molecular weight excluding hydrogens is 386 g/mol. The number of hydrogen-bond donors (Lipinski definition) is 1. The lowest BCUT2D eigenvalue weighted by molar-refractivity contribution is -0.117. The molecule has 0 saturated carbocycles. The minimum atomic E-state index is -0.457. The molecule has 0 bridgehead atoms. The first-order valence-electron chi connectivity index (χ1n) is 7.97. The molecule has 0 aliphatic heterocycles. The monoisotopic (exact) mass is 401 g/mol. The fraction of sp³-hybridized carbons (Fsp3) is 0.105. The molecule has 0 fully saturated rings. The van der Waals surface area contributed by atoms with Gasteiger partial charge in [-0.25, -0.2) is 4.98 Å². The number of ether oxygens (including phenoxy) is 1. The van der Waals surface area contributed by atoms with Crippen molar-refractivity contribution in [1.82, 2.24) is 14.9 Å². The first-order chi connectivity index (χ1) is 13.1. The normalized spacial score (nSPS) is 10.4. The smallest absolute Gasteiger partial charge is 0.257 e.